The number of thioether (sulfide) groups is 1. The molecule has 0 aliphatic heterocycles. The minimum absolute atomic E-state index is 0.0785. The molecule has 19 heavy (non-hydrogen) atoms. The van der Waals surface area contributed by atoms with Gasteiger partial charge in [0.25, 0.3) is 0 Å². The van der Waals surface area contributed by atoms with Crippen LogP contribution in [-0.4, -0.2) is 35.2 Å². The molecule has 0 aromatic rings. The van der Waals surface area contributed by atoms with Crippen molar-refractivity contribution in [3.05, 3.63) is 0 Å². The molecule has 0 aromatic heterocycles. The number of carboxylic acid groups (broad SMARTS) is 1. The van der Waals surface area contributed by atoms with Gasteiger partial charge in [0, 0.05) is 0 Å². The van der Waals surface area contributed by atoms with Crippen LogP contribution in [0.1, 0.15) is 46.0 Å². The van der Waals surface area contributed by atoms with Crippen molar-refractivity contribution in [2.75, 3.05) is 12.9 Å². The second kappa shape index (κ2) is 7.17. The molecule has 0 amide bonds. The number of methoxy groups -OCH3 is 1. The van der Waals surface area contributed by atoms with Gasteiger partial charge < -0.3 is 9.84 Å². The van der Waals surface area contributed by atoms with Gasteiger partial charge in [-0.05, 0) is 36.2 Å². The molecule has 110 valence electrons. The summed E-state index contributed by atoms with van der Waals surface area (Å²) >= 11 is 1.69. The van der Waals surface area contributed by atoms with Crippen LogP contribution in [0.2, 0.25) is 0 Å². The van der Waals surface area contributed by atoms with Crippen molar-refractivity contribution in [2.24, 2.45) is 11.3 Å². The van der Waals surface area contributed by atoms with Crippen LogP contribution < -0.4 is 0 Å². The van der Waals surface area contributed by atoms with E-state index in [1.807, 2.05) is 0 Å². The van der Waals surface area contributed by atoms with Crippen molar-refractivity contribution in [2.45, 2.75) is 51.2 Å². The normalized spacial score (nSPS) is 19.4. The Kier molecular flexibility index (Phi) is 6.17. The minimum Gasteiger partial charge on any atom is -0.480 e. The first-order chi connectivity index (χ1) is 8.95. The molecule has 0 spiro atoms. The Labute approximate surface area is 119 Å². The Hall–Kier alpha value is -0.710. The smallest absolute Gasteiger partial charge is 0.323 e. The average molecular weight is 288 g/mol. The molecule has 1 atom stereocenters. The maximum atomic E-state index is 12.1. The molecule has 1 aliphatic rings. The lowest BCUT2D eigenvalue weighted by molar-refractivity contribution is -0.171. The molecule has 4 nitrogen and oxygen atoms in total. The van der Waals surface area contributed by atoms with Gasteiger partial charge in [-0.1, -0.05) is 26.7 Å². The first-order valence-corrected chi connectivity index (χ1v) is 7.93. The number of esters is 1. The molecular formula is C14H24O4S. The lowest BCUT2D eigenvalue weighted by Gasteiger charge is -2.32. The average Bonchev–Trinajstić information content (AvgIpc) is 2.87. The molecule has 0 radical (unpaired) electrons. The fraction of sp³-hybridized carbons (Fsp3) is 0.857. The van der Waals surface area contributed by atoms with Crippen LogP contribution in [0, 0.1) is 11.3 Å². The van der Waals surface area contributed by atoms with E-state index in [2.05, 4.69) is 13.8 Å². The van der Waals surface area contributed by atoms with E-state index >= 15 is 0 Å². The first kappa shape index (κ1) is 16.3. The third-order valence-electron chi connectivity index (χ3n) is 3.93. The van der Waals surface area contributed by atoms with Crippen molar-refractivity contribution in [1.82, 2.24) is 0 Å². The fourth-order valence-corrected chi connectivity index (χ4v) is 3.81. The molecule has 5 heteroatoms. The number of carboxylic acids is 1. The third kappa shape index (κ3) is 3.65. The van der Waals surface area contributed by atoms with Crippen LogP contribution >= 0.6 is 11.8 Å². The van der Waals surface area contributed by atoms with E-state index in [-0.39, 0.29) is 5.92 Å². The Balaban J connectivity index is 2.91. The molecule has 1 fully saturated rings. The Morgan fingerprint density at radius 1 is 1.37 bits per heavy atom. The van der Waals surface area contributed by atoms with Gasteiger partial charge in [-0.25, -0.2) is 0 Å². The highest BCUT2D eigenvalue weighted by Crippen LogP contribution is 2.44. The van der Waals surface area contributed by atoms with Crippen molar-refractivity contribution < 1.29 is 19.4 Å². The number of aliphatic carboxylic acids is 1. The number of carbonyl (C=O) groups excluding carboxylic acids is 1. The van der Waals surface area contributed by atoms with Crippen molar-refractivity contribution in [1.29, 1.82) is 0 Å². The van der Waals surface area contributed by atoms with Crippen LogP contribution in [-0.2, 0) is 14.3 Å². The van der Waals surface area contributed by atoms with Crippen molar-refractivity contribution >= 4 is 23.7 Å². The molecule has 1 unspecified atom stereocenters. The van der Waals surface area contributed by atoms with Gasteiger partial charge in [0.05, 0.1) is 7.11 Å². The van der Waals surface area contributed by atoms with E-state index in [0.29, 0.717) is 17.4 Å². The molecule has 1 saturated carbocycles. The second-order valence-corrected chi connectivity index (χ2v) is 7.10. The topological polar surface area (TPSA) is 63.6 Å². The van der Waals surface area contributed by atoms with Crippen molar-refractivity contribution in [3.63, 3.8) is 0 Å². The van der Waals surface area contributed by atoms with Crippen LogP contribution in [0.15, 0.2) is 0 Å². The molecule has 0 saturated heterocycles. The van der Waals surface area contributed by atoms with Gasteiger partial charge in [-0.2, -0.15) is 11.8 Å². The van der Waals surface area contributed by atoms with Crippen LogP contribution in [0.25, 0.3) is 0 Å². The Morgan fingerprint density at radius 2 is 1.95 bits per heavy atom. The van der Waals surface area contributed by atoms with Crippen molar-refractivity contribution in [3.8, 4) is 0 Å². The van der Waals surface area contributed by atoms with E-state index in [1.54, 1.807) is 11.8 Å². The van der Waals surface area contributed by atoms with Crippen LogP contribution in [0.5, 0.6) is 0 Å². The standard InChI is InChI=1S/C14H24O4S/c1-10(2)19-9-8-14(12(15)16,13(17)18-3)11-6-4-5-7-11/h10-11H,4-9H2,1-3H3,(H,15,16). The maximum Gasteiger partial charge on any atom is 0.323 e. The summed E-state index contributed by atoms with van der Waals surface area (Å²) in [6, 6.07) is 0. The molecular weight excluding hydrogens is 264 g/mol. The van der Waals surface area contributed by atoms with E-state index < -0.39 is 17.4 Å². The lowest BCUT2D eigenvalue weighted by Crippen LogP contribution is -2.46. The van der Waals surface area contributed by atoms with E-state index in [9.17, 15) is 14.7 Å². The summed E-state index contributed by atoms with van der Waals surface area (Å²) in [5, 5.41) is 10.1. The zero-order valence-electron chi connectivity index (χ0n) is 12.0. The highest BCUT2D eigenvalue weighted by atomic mass is 32.2. The lowest BCUT2D eigenvalue weighted by atomic mass is 9.72. The number of carbonyl (C=O) groups is 2. The zero-order valence-corrected chi connectivity index (χ0v) is 12.8. The number of hydrogen-bond acceptors (Lipinski definition) is 4. The molecule has 1 N–H and O–H groups in total. The Morgan fingerprint density at radius 3 is 2.37 bits per heavy atom. The third-order valence-corrected chi connectivity index (χ3v) is 5.04. The fourth-order valence-electron chi connectivity index (χ4n) is 2.90. The van der Waals surface area contributed by atoms with Gasteiger partial charge in [0.15, 0.2) is 5.41 Å². The summed E-state index contributed by atoms with van der Waals surface area (Å²) < 4.78 is 4.82. The molecule has 1 rings (SSSR count). The summed E-state index contributed by atoms with van der Waals surface area (Å²) in [6.07, 6.45) is 4.01. The van der Waals surface area contributed by atoms with Gasteiger partial charge in [0.1, 0.15) is 0 Å². The molecule has 0 bridgehead atoms. The molecule has 1 aliphatic carbocycles. The monoisotopic (exact) mass is 288 g/mol. The van der Waals surface area contributed by atoms with Gasteiger partial charge in [-0.15, -0.1) is 0 Å². The minimum atomic E-state index is -1.34. The number of hydrogen-bond donors (Lipinski definition) is 1. The highest BCUT2D eigenvalue weighted by Gasteiger charge is 2.53. The van der Waals surface area contributed by atoms with Gasteiger partial charge >= 0.3 is 11.9 Å². The van der Waals surface area contributed by atoms with E-state index in [1.165, 1.54) is 7.11 Å². The summed E-state index contributed by atoms with van der Waals surface area (Å²) in [4.78, 5) is 23.9. The van der Waals surface area contributed by atoms with E-state index in [4.69, 9.17) is 4.74 Å². The zero-order chi connectivity index (χ0) is 14.5. The highest BCUT2D eigenvalue weighted by molar-refractivity contribution is 7.99. The maximum absolute atomic E-state index is 12.1. The SMILES string of the molecule is COC(=O)C(CCSC(C)C)(C(=O)O)C1CCCC1. The summed E-state index contributed by atoms with van der Waals surface area (Å²) in [5.74, 6) is -0.993. The summed E-state index contributed by atoms with van der Waals surface area (Å²) in [5.41, 5.74) is -1.34. The number of rotatable bonds is 7. The van der Waals surface area contributed by atoms with Gasteiger partial charge in [-0.3, -0.25) is 9.59 Å². The van der Waals surface area contributed by atoms with Crippen LogP contribution in [0.4, 0.5) is 0 Å². The largest absolute Gasteiger partial charge is 0.480 e. The summed E-state index contributed by atoms with van der Waals surface area (Å²) in [6.45, 7) is 4.14. The van der Waals surface area contributed by atoms with E-state index in [0.717, 1.165) is 25.7 Å². The van der Waals surface area contributed by atoms with Gasteiger partial charge in [0.2, 0.25) is 0 Å². The predicted octanol–water partition coefficient (Wildman–Crippen LogP) is 2.95. The quantitative estimate of drug-likeness (QED) is 0.576. The Bertz CT molecular complexity index is 323. The predicted molar refractivity (Wildman–Crippen MR) is 76.3 cm³/mol. The van der Waals surface area contributed by atoms with Crippen LogP contribution in [0.3, 0.4) is 0 Å². The molecule has 0 heterocycles. The number of ether oxygens (including phenoxy) is 1. The summed E-state index contributed by atoms with van der Waals surface area (Å²) in [7, 11) is 1.28. The molecule has 0 aromatic carbocycles. The first-order valence-electron chi connectivity index (χ1n) is 6.88. The second-order valence-electron chi connectivity index (χ2n) is 5.42.